The number of hydrogen-bond acceptors (Lipinski definition) is 1. The van der Waals surface area contributed by atoms with E-state index in [1.165, 1.54) is 19.3 Å². The van der Waals surface area contributed by atoms with Gasteiger partial charge < -0.3 is 5.11 Å². The highest BCUT2D eigenvalue weighted by Gasteiger charge is 2.19. The van der Waals surface area contributed by atoms with Gasteiger partial charge in [-0.05, 0) is 25.7 Å². The molecule has 0 radical (unpaired) electrons. The Morgan fingerprint density at radius 1 is 1.31 bits per heavy atom. The molecule has 2 nitrogen and oxygen atoms in total. The van der Waals surface area contributed by atoms with Crippen molar-refractivity contribution in [3.8, 4) is 0 Å². The van der Waals surface area contributed by atoms with E-state index in [0.717, 1.165) is 17.3 Å². The molecule has 3 heteroatoms. The van der Waals surface area contributed by atoms with Crippen LogP contribution in [0.2, 0.25) is 0 Å². The van der Waals surface area contributed by atoms with E-state index in [1.54, 1.807) is 6.92 Å². The third-order valence-electron chi connectivity index (χ3n) is 2.64. The maximum absolute atomic E-state index is 10.7. The molecular weight excluding hydrogens is 232 g/mol. The number of rotatable bonds is 2. The molecule has 0 bridgehead atoms. The molecule has 1 saturated carbocycles. The van der Waals surface area contributed by atoms with Crippen LogP contribution in [0.15, 0.2) is 10.1 Å². The predicted octanol–water partition coefficient (Wildman–Crippen LogP) is 3.32. The molecule has 0 amide bonds. The highest BCUT2D eigenvalue weighted by Crippen LogP contribution is 2.34. The van der Waals surface area contributed by atoms with Gasteiger partial charge in [-0.15, -0.1) is 0 Å². The van der Waals surface area contributed by atoms with Crippen LogP contribution in [0.4, 0.5) is 0 Å². The summed E-state index contributed by atoms with van der Waals surface area (Å²) in [7, 11) is 0. The second-order valence-corrected chi connectivity index (χ2v) is 4.47. The third kappa shape index (κ3) is 2.83. The van der Waals surface area contributed by atoms with Crippen LogP contribution in [0.1, 0.15) is 39.0 Å². The average molecular weight is 247 g/mol. The Bertz CT molecular complexity index is 227. The van der Waals surface area contributed by atoms with Crippen LogP contribution in [0, 0.1) is 5.92 Å². The van der Waals surface area contributed by atoms with Crippen molar-refractivity contribution in [2.24, 2.45) is 5.92 Å². The van der Waals surface area contributed by atoms with Gasteiger partial charge >= 0.3 is 5.97 Å². The van der Waals surface area contributed by atoms with Gasteiger partial charge in [0.1, 0.15) is 0 Å². The quantitative estimate of drug-likeness (QED) is 0.760. The number of aliphatic carboxylic acids is 1. The van der Waals surface area contributed by atoms with Gasteiger partial charge in [0.05, 0.1) is 0 Å². The van der Waals surface area contributed by atoms with Gasteiger partial charge in [0.2, 0.25) is 0 Å². The van der Waals surface area contributed by atoms with Gasteiger partial charge in [0, 0.05) is 10.1 Å². The van der Waals surface area contributed by atoms with Crippen molar-refractivity contribution in [3.63, 3.8) is 0 Å². The minimum Gasteiger partial charge on any atom is -0.478 e. The van der Waals surface area contributed by atoms with Crippen molar-refractivity contribution in [3.05, 3.63) is 10.1 Å². The molecule has 0 aliphatic heterocycles. The van der Waals surface area contributed by atoms with Crippen molar-refractivity contribution in [1.29, 1.82) is 0 Å². The first-order valence-electron chi connectivity index (χ1n) is 4.72. The summed E-state index contributed by atoms with van der Waals surface area (Å²) in [5.41, 5.74) is 0.465. The fourth-order valence-electron chi connectivity index (χ4n) is 1.76. The Labute approximate surface area is 87.2 Å². The van der Waals surface area contributed by atoms with E-state index in [9.17, 15) is 4.79 Å². The summed E-state index contributed by atoms with van der Waals surface area (Å²) < 4.78 is 0.903. The number of carboxylic acids is 1. The third-order valence-corrected chi connectivity index (χ3v) is 3.88. The van der Waals surface area contributed by atoms with Crippen molar-refractivity contribution in [2.45, 2.75) is 39.0 Å². The lowest BCUT2D eigenvalue weighted by molar-refractivity contribution is -0.132. The molecule has 0 aromatic heterocycles. The smallest absolute Gasteiger partial charge is 0.332 e. The van der Waals surface area contributed by atoms with Crippen LogP contribution >= 0.6 is 15.9 Å². The zero-order valence-corrected chi connectivity index (χ0v) is 9.43. The normalized spacial score (nSPS) is 21.1. The Balaban J connectivity index is 2.68. The van der Waals surface area contributed by atoms with Crippen LogP contribution < -0.4 is 0 Å². The molecule has 0 aromatic rings. The van der Waals surface area contributed by atoms with Gasteiger partial charge in [-0.1, -0.05) is 35.2 Å². The summed E-state index contributed by atoms with van der Waals surface area (Å²) in [6, 6.07) is 0. The number of halogens is 1. The molecule has 13 heavy (non-hydrogen) atoms. The molecule has 1 fully saturated rings. The Kier molecular flexibility index (Phi) is 3.97. The molecule has 0 spiro atoms. The summed E-state index contributed by atoms with van der Waals surface area (Å²) >= 11 is 3.40. The highest BCUT2D eigenvalue weighted by molar-refractivity contribution is 9.11. The summed E-state index contributed by atoms with van der Waals surface area (Å²) in [6.07, 6.45) is 6.01. The molecule has 0 saturated heterocycles. The minimum absolute atomic E-state index is 0.449. The number of hydrogen-bond donors (Lipinski definition) is 1. The van der Waals surface area contributed by atoms with E-state index < -0.39 is 5.97 Å². The highest BCUT2D eigenvalue weighted by atomic mass is 79.9. The van der Waals surface area contributed by atoms with Crippen LogP contribution in [-0.4, -0.2) is 11.1 Å². The number of carbonyl (C=O) groups is 1. The molecule has 1 aliphatic rings. The lowest BCUT2D eigenvalue weighted by Crippen LogP contribution is -2.10. The fraction of sp³-hybridized carbons (Fsp3) is 0.700. The summed E-state index contributed by atoms with van der Waals surface area (Å²) in [5, 5.41) is 8.80. The summed E-state index contributed by atoms with van der Waals surface area (Å²) in [6.45, 7) is 1.67. The molecule has 1 rings (SSSR count). The second kappa shape index (κ2) is 4.80. The Hall–Kier alpha value is -0.310. The summed E-state index contributed by atoms with van der Waals surface area (Å²) in [4.78, 5) is 10.7. The van der Waals surface area contributed by atoms with Gasteiger partial charge in [-0.25, -0.2) is 4.79 Å². The van der Waals surface area contributed by atoms with E-state index in [4.69, 9.17) is 5.11 Å². The molecule has 0 aromatic carbocycles. The zero-order chi connectivity index (χ0) is 9.84. The monoisotopic (exact) mass is 246 g/mol. The Morgan fingerprint density at radius 2 is 1.85 bits per heavy atom. The topological polar surface area (TPSA) is 37.3 Å². The lowest BCUT2D eigenvalue weighted by atomic mass is 9.88. The van der Waals surface area contributed by atoms with Gasteiger partial charge in [0.15, 0.2) is 0 Å². The van der Waals surface area contributed by atoms with Crippen LogP contribution in [-0.2, 0) is 4.79 Å². The van der Waals surface area contributed by atoms with E-state index in [2.05, 4.69) is 15.9 Å². The molecule has 0 atom stereocenters. The minimum atomic E-state index is -0.808. The first-order valence-corrected chi connectivity index (χ1v) is 5.51. The molecule has 1 N–H and O–H groups in total. The van der Waals surface area contributed by atoms with Crippen LogP contribution in [0.3, 0.4) is 0 Å². The maximum Gasteiger partial charge on any atom is 0.332 e. The number of carboxylic acid groups (broad SMARTS) is 1. The van der Waals surface area contributed by atoms with Crippen molar-refractivity contribution < 1.29 is 9.90 Å². The molecule has 74 valence electrons. The largest absolute Gasteiger partial charge is 0.478 e. The van der Waals surface area contributed by atoms with Gasteiger partial charge in [-0.3, -0.25) is 0 Å². The van der Waals surface area contributed by atoms with Gasteiger partial charge in [0.25, 0.3) is 0 Å². The fourth-order valence-corrected chi connectivity index (χ4v) is 2.39. The van der Waals surface area contributed by atoms with Crippen molar-refractivity contribution >= 4 is 21.9 Å². The van der Waals surface area contributed by atoms with E-state index in [1.807, 2.05) is 0 Å². The van der Waals surface area contributed by atoms with Crippen LogP contribution in [0.25, 0.3) is 0 Å². The zero-order valence-electron chi connectivity index (χ0n) is 7.85. The maximum atomic E-state index is 10.7. The van der Waals surface area contributed by atoms with Gasteiger partial charge in [-0.2, -0.15) is 0 Å². The molecular formula is C10H15BrO2. The first-order chi connectivity index (χ1) is 6.13. The molecule has 0 heterocycles. The van der Waals surface area contributed by atoms with Crippen LogP contribution in [0.5, 0.6) is 0 Å². The van der Waals surface area contributed by atoms with E-state index >= 15 is 0 Å². The van der Waals surface area contributed by atoms with Crippen molar-refractivity contribution in [1.82, 2.24) is 0 Å². The SMILES string of the molecule is C/C(C(=O)O)=C(\Br)C1CCCCC1. The summed E-state index contributed by atoms with van der Waals surface area (Å²) in [5.74, 6) is -0.359. The Morgan fingerprint density at radius 3 is 2.31 bits per heavy atom. The standard InChI is InChI=1S/C10H15BrO2/c1-7(10(12)13)9(11)8-5-3-2-4-6-8/h8H,2-6H2,1H3,(H,12,13)/b9-7+. The second-order valence-electron chi connectivity index (χ2n) is 3.61. The first kappa shape index (κ1) is 10.8. The number of allylic oxidation sites excluding steroid dienone is 1. The lowest BCUT2D eigenvalue weighted by Gasteiger charge is -2.21. The molecule has 1 aliphatic carbocycles. The van der Waals surface area contributed by atoms with E-state index in [0.29, 0.717) is 11.5 Å². The van der Waals surface area contributed by atoms with E-state index in [-0.39, 0.29) is 0 Å². The molecule has 0 unspecified atom stereocenters. The average Bonchev–Trinajstić information content (AvgIpc) is 2.17. The predicted molar refractivity (Wildman–Crippen MR) is 55.8 cm³/mol. The van der Waals surface area contributed by atoms with Crippen molar-refractivity contribution in [2.75, 3.05) is 0 Å².